The minimum atomic E-state index is -3.53. The van der Waals surface area contributed by atoms with Crippen LogP contribution in [0, 0.1) is 0 Å². The molecular weight excluding hydrogens is 236 g/mol. The first-order valence-electron chi connectivity index (χ1n) is 5.08. The fraction of sp³-hybridized carbons (Fsp3) is 0. The Morgan fingerprint density at radius 3 is 2.12 bits per heavy atom. The smallest absolute Gasteiger partial charge is 0.262 e. The standard InChI is InChI=1S/C12H12N2O2S/c13-11-8-4-5-9-12(11)14-17(15,16)10-6-2-1-3-7-10/h1-9,14H,13H2/p+1. The van der Waals surface area contributed by atoms with Crippen molar-refractivity contribution in [3.8, 4) is 0 Å². The number of quaternary nitrogens is 1. The largest absolute Gasteiger partial charge is 0.323 e. The van der Waals surface area contributed by atoms with Crippen LogP contribution in [0.4, 0.5) is 11.4 Å². The first-order valence-corrected chi connectivity index (χ1v) is 6.57. The molecule has 88 valence electrons. The Hall–Kier alpha value is -1.85. The molecular formula is C12H13N2O2S+. The van der Waals surface area contributed by atoms with Crippen molar-refractivity contribution in [2.75, 3.05) is 4.72 Å². The molecule has 0 heterocycles. The summed E-state index contributed by atoms with van der Waals surface area (Å²) in [4.78, 5) is 0.239. The summed E-state index contributed by atoms with van der Waals surface area (Å²) in [6, 6.07) is 15.2. The number of nitrogens with one attached hydrogen (secondary N) is 1. The summed E-state index contributed by atoms with van der Waals surface area (Å²) in [5.74, 6) is 0. The van der Waals surface area contributed by atoms with Crippen LogP contribution in [0.15, 0.2) is 59.5 Å². The summed E-state index contributed by atoms with van der Waals surface area (Å²) in [5, 5.41) is 0. The summed E-state index contributed by atoms with van der Waals surface area (Å²) >= 11 is 0. The van der Waals surface area contributed by atoms with Gasteiger partial charge in [-0.15, -0.1) is 0 Å². The van der Waals surface area contributed by atoms with E-state index in [1.54, 1.807) is 48.5 Å². The van der Waals surface area contributed by atoms with Gasteiger partial charge in [0.2, 0.25) is 0 Å². The highest BCUT2D eigenvalue weighted by atomic mass is 32.2. The van der Waals surface area contributed by atoms with E-state index >= 15 is 0 Å². The van der Waals surface area contributed by atoms with Crippen molar-refractivity contribution in [3.05, 3.63) is 54.6 Å². The zero-order valence-electron chi connectivity index (χ0n) is 9.13. The van der Waals surface area contributed by atoms with Crippen LogP contribution in [0.3, 0.4) is 0 Å². The highest BCUT2D eigenvalue weighted by molar-refractivity contribution is 7.92. The first-order chi connectivity index (χ1) is 8.09. The molecule has 0 fully saturated rings. The van der Waals surface area contributed by atoms with Gasteiger partial charge in [-0.1, -0.05) is 30.3 Å². The number of para-hydroxylation sites is 1. The Labute approximate surface area is 100 Å². The lowest BCUT2D eigenvalue weighted by Gasteiger charge is -2.07. The van der Waals surface area contributed by atoms with Gasteiger partial charge in [-0.2, -0.15) is 0 Å². The predicted octanol–water partition coefficient (Wildman–Crippen LogP) is 1.36. The lowest BCUT2D eigenvalue weighted by atomic mass is 10.3. The van der Waals surface area contributed by atoms with Crippen LogP contribution < -0.4 is 10.5 Å². The van der Waals surface area contributed by atoms with E-state index in [0.29, 0.717) is 11.4 Å². The van der Waals surface area contributed by atoms with E-state index in [4.69, 9.17) is 0 Å². The molecule has 0 atom stereocenters. The number of sulfonamides is 1. The number of hydrogen-bond donors (Lipinski definition) is 2. The van der Waals surface area contributed by atoms with Crippen molar-refractivity contribution in [2.24, 2.45) is 0 Å². The third-order valence-electron chi connectivity index (χ3n) is 2.32. The molecule has 0 spiro atoms. The average Bonchev–Trinajstić information content (AvgIpc) is 2.33. The van der Waals surface area contributed by atoms with Crippen LogP contribution >= 0.6 is 0 Å². The van der Waals surface area contributed by atoms with Gasteiger partial charge < -0.3 is 5.73 Å². The molecule has 0 bridgehead atoms. The zero-order valence-corrected chi connectivity index (χ0v) is 9.94. The molecule has 0 aromatic heterocycles. The molecule has 2 rings (SSSR count). The van der Waals surface area contributed by atoms with E-state index in [1.165, 1.54) is 0 Å². The van der Waals surface area contributed by atoms with Crippen molar-refractivity contribution in [2.45, 2.75) is 4.90 Å². The maximum atomic E-state index is 12.0. The monoisotopic (exact) mass is 249 g/mol. The van der Waals surface area contributed by atoms with Crippen LogP contribution in [-0.2, 0) is 10.0 Å². The van der Waals surface area contributed by atoms with Gasteiger partial charge in [-0.3, -0.25) is 4.72 Å². The molecule has 4 nitrogen and oxygen atoms in total. The normalized spacial score (nSPS) is 11.1. The van der Waals surface area contributed by atoms with E-state index in [2.05, 4.69) is 10.5 Å². The number of rotatable bonds is 3. The molecule has 5 heteroatoms. The maximum absolute atomic E-state index is 12.0. The summed E-state index contributed by atoms with van der Waals surface area (Å²) in [5.41, 5.74) is 4.91. The Balaban J connectivity index is 2.34. The van der Waals surface area contributed by atoms with Gasteiger partial charge in [0.05, 0.1) is 4.90 Å². The summed E-state index contributed by atoms with van der Waals surface area (Å²) in [6.07, 6.45) is 0. The first kappa shape index (κ1) is 11.6. The second-order valence-corrected chi connectivity index (χ2v) is 5.26. The van der Waals surface area contributed by atoms with Crippen LogP contribution in [0.5, 0.6) is 0 Å². The number of benzene rings is 2. The van der Waals surface area contributed by atoms with Gasteiger partial charge in [0.1, 0.15) is 5.69 Å². The maximum Gasteiger partial charge on any atom is 0.262 e. The van der Waals surface area contributed by atoms with Gasteiger partial charge in [0, 0.05) is 6.07 Å². The molecule has 2 aromatic carbocycles. The van der Waals surface area contributed by atoms with Crippen LogP contribution in [-0.4, -0.2) is 8.42 Å². The summed E-state index contributed by atoms with van der Waals surface area (Å²) in [6.45, 7) is 0. The average molecular weight is 249 g/mol. The molecule has 0 aliphatic heterocycles. The van der Waals surface area contributed by atoms with Crippen LogP contribution in [0.25, 0.3) is 0 Å². The number of hydrogen-bond acceptors (Lipinski definition) is 2. The highest BCUT2D eigenvalue weighted by Gasteiger charge is 2.15. The summed E-state index contributed by atoms with van der Waals surface area (Å²) < 4.78 is 26.5. The predicted molar refractivity (Wildman–Crippen MR) is 66.2 cm³/mol. The Morgan fingerprint density at radius 1 is 0.882 bits per heavy atom. The molecule has 17 heavy (non-hydrogen) atoms. The van der Waals surface area contributed by atoms with Gasteiger partial charge in [0.25, 0.3) is 10.0 Å². The van der Waals surface area contributed by atoms with Crippen molar-refractivity contribution < 1.29 is 14.2 Å². The number of anilines is 1. The quantitative estimate of drug-likeness (QED) is 0.862. The van der Waals surface area contributed by atoms with E-state index in [0.717, 1.165) is 0 Å². The van der Waals surface area contributed by atoms with Gasteiger partial charge in [0.15, 0.2) is 5.69 Å². The fourth-order valence-electron chi connectivity index (χ4n) is 1.42. The van der Waals surface area contributed by atoms with E-state index in [-0.39, 0.29) is 4.90 Å². The van der Waals surface area contributed by atoms with Crippen molar-refractivity contribution in [1.29, 1.82) is 0 Å². The van der Waals surface area contributed by atoms with Crippen molar-refractivity contribution >= 4 is 21.4 Å². The van der Waals surface area contributed by atoms with Crippen molar-refractivity contribution in [1.82, 2.24) is 0 Å². The fourth-order valence-corrected chi connectivity index (χ4v) is 2.55. The van der Waals surface area contributed by atoms with E-state index in [9.17, 15) is 8.42 Å². The van der Waals surface area contributed by atoms with Gasteiger partial charge >= 0.3 is 0 Å². The van der Waals surface area contributed by atoms with E-state index < -0.39 is 10.0 Å². The SMILES string of the molecule is [NH3+]c1ccccc1NS(=O)(=O)c1ccccc1. The Morgan fingerprint density at radius 2 is 1.47 bits per heavy atom. The molecule has 4 N–H and O–H groups in total. The van der Waals surface area contributed by atoms with E-state index in [1.807, 2.05) is 6.07 Å². The lowest BCUT2D eigenvalue weighted by molar-refractivity contribution is -0.253. The Kier molecular flexibility index (Phi) is 3.12. The van der Waals surface area contributed by atoms with Crippen LogP contribution in [0.1, 0.15) is 0 Å². The zero-order chi connectivity index (χ0) is 12.3. The molecule has 2 aromatic rings. The minimum Gasteiger partial charge on any atom is -0.323 e. The second-order valence-electron chi connectivity index (χ2n) is 3.58. The lowest BCUT2D eigenvalue weighted by Crippen LogP contribution is -2.41. The van der Waals surface area contributed by atoms with Gasteiger partial charge in [-0.05, 0) is 18.2 Å². The third kappa shape index (κ3) is 2.64. The Bertz CT molecular complexity index is 609. The second kappa shape index (κ2) is 4.57. The van der Waals surface area contributed by atoms with Gasteiger partial charge in [-0.25, -0.2) is 8.42 Å². The molecule has 0 aliphatic rings. The topological polar surface area (TPSA) is 73.8 Å². The molecule has 0 radical (unpaired) electrons. The third-order valence-corrected chi connectivity index (χ3v) is 3.70. The summed E-state index contributed by atoms with van der Waals surface area (Å²) in [7, 11) is -3.53. The molecule has 0 amide bonds. The minimum absolute atomic E-state index is 0.239. The molecule has 0 saturated carbocycles. The van der Waals surface area contributed by atoms with Crippen LogP contribution in [0.2, 0.25) is 0 Å². The van der Waals surface area contributed by atoms with Crippen molar-refractivity contribution in [3.63, 3.8) is 0 Å². The molecule has 0 saturated heterocycles. The molecule has 0 unspecified atom stereocenters. The molecule has 0 aliphatic carbocycles. The highest BCUT2D eigenvalue weighted by Crippen LogP contribution is 2.19.